The van der Waals surface area contributed by atoms with Gasteiger partial charge in [-0.3, -0.25) is 9.69 Å². The zero-order chi connectivity index (χ0) is 19.8. The number of alkyl halides is 3. The molecule has 2 aliphatic heterocycles. The standard InChI is InChI=1S/C18H22F3N3O3/c1-17(2)15(25)24(16(26)22-17)10-4-9-23-8-3-5-12-11-13(6-7-14(12)23)27-18(19,20)21/h6-7,11H,3-5,8-10H2,1-2H3,(H,22,26). The number of halogens is 3. The second-order valence-electron chi connectivity index (χ2n) is 7.29. The van der Waals surface area contributed by atoms with Crippen molar-refractivity contribution in [1.29, 1.82) is 0 Å². The first-order valence-electron chi connectivity index (χ1n) is 8.84. The number of fused-ring (bicyclic) bond motifs is 1. The van der Waals surface area contributed by atoms with Crippen LogP contribution in [0, 0.1) is 0 Å². The number of amides is 3. The first-order chi connectivity index (χ1) is 12.6. The predicted octanol–water partition coefficient (Wildman–Crippen LogP) is 3.06. The Bertz CT molecular complexity index is 749. The van der Waals surface area contributed by atoms with Gasteiger partial charge in [-0.15, -0.1) is 13.2 Å². The van der Waals surface area contributed by atoms with Gasteiger partial charge in [-0.05, 0) is 56.9 Å². The van der Waals surface area contributed by atoms with E-state index in [-0.39, 0.29) is 11.7 Å². The summed E-state index contributed by atoms with van der Waals surface area (Å²) in [4.78, 5) is 27.4. The maximum absolute atomic E-state index is 12.4. The lowest BCUT2D eigenvalue weighted by Crippen LogP contribution is -2.40. The van der Waals surface area contributed by atoms with E-state index in [0.717, 1.165) is 24.2 Å². The van der Waals surface area contributed by atoms with E-state index in [0.29, 0.717) is 25.9 Å². The van der Waals surface area contributed by atoms with E-state index in [4.69, 9.17) is 0 Å². The van der Waals surface area contributed by atoms with Gasteiger partial charge >= 0.3 is 12.4 Å². The molecule has 0 atom stereocenters. The molecule has 27 heavy (non-hydrogen) atoms. The maximum atomic E-state index is 12.4. The molecule has 3 amide bonds. The maximum Gasteiger partial charge on any atom is 0.573 e. The number of hydrogen-bond donors (Lipinski definition) is 1. The van der Waals surface area contributed by atoms with Crippen LogP contribution in [0.1, 0.15) is 32.3 Å². The molecule has 148 valence electrons. The first-order valence-corrected chi connectivity index (χ1v) is 8.84. The third-order valence-electron chi connectivity index (χ3n) is 4.75. The molecule has 2 heterocycles. The molecule has 0 unspecified atom stereocenters. The Balaban J connectivity index is 1.62. The number of nitrogens with zero attached hydrogens (tertiary/aromatic N) is 2. The fraction of sp³-hybridized carbons (Fsp3) is 0.556. The van der Waals surface area contributed by atoms with Crippen LogP contribution in [0.25, 0.3) is 0 Å². The highest BCUT2D eigenvalue weighted by Gasteiger charge is 2.43. The van der Waals surface area contributed by atoms with Crippen LogP contribution in [0.3, 0.4) is 0 Å². The van der Waals surface area contributed by atoms with Crippen molar-refractivity contribution < 1.29 is 27.5 Å². The number of imide groups is 1. The second kappa shape index (κ2) is 6.94. The van der Waals surface area contributed by atoms with Gasteiger partial charge in [-0.2, -0.15) is 0 Å². The average Bonchev–Trinajstić information content (AvgIpc) is 2.74. The van der Waals surface area contributed by atoms with E-state index < -0.39 is 17.9 Å². The van der Waals surface area contributed by atoms with Gasteiger partial charge < -0.3 is 15.0 Å². The molecule has 1 fully saturated rings. The summed E-state index contributed by atoms with van der Waals surface area (Å²) >= 11 is 0. The van der Waals surface area contributed by atoms with Crippen molar-refractivity contribution in [3.05, 3.63) is 23.8 Å². The van der Waals surface area contributed by atoms with Gasteiger partial charge in [0.15, 0.2) is 0 Å². The van der Waals surface area contributed by atoms with Crippen molar-refractivity contribution in [1.82, 2.24) is 10.2 Å². The number of carbonyl (C=O) groups excluding carboxylic acids is 2. The fourth-order valence-electron chi connectivity index (χ4n) is 3.52. The van der Waals surface area contributed by atoms with E-state index in [1.54, 1.807) is 19.9 Å². The van der Waals surface area contributed by atoms with Crippen LogP contribution in [0.5, 0.6) is 5.75 Å². The molecule has 0 aliphatic carbocycles. The molecule has 1 saturated heterocycles. The minimum atomic E-state index is -4.71. The van der Waals surface area contributed by atoms with E-state index in [2.05, 4.69) is 15.0 Å². The van der Waals surface area contributed by atoms with Crippen molar-refractivity contribution in [2.45, 2.75) is 45.0 Å². The van der Waals surface area contributed by atoms with Crippen LogP contribution in [-0.4, -0.2) is 48.4 Å². The van der Waals surface area contributed by atoms with E-state index >= 15 is 0 Å². The van der Waals surface area contributed by atoms with Gasteiger partial charge in [0.2, 0.25) is 0 Å². The average molecular weight is 385 g/mol. The third kappa shape index (κ3) is 4.28. The predicted molar refractivity (Wildman–Crippen MR) is 92.6 cm³/mol. The second-order valence-corrected chi connectivity index (χ2v) is 7.29. The molecular formula is C18H22F3N3O3. The SMILES string of the molecule is CC1(C)NC(=O)N(CCCN2CCCc3cc(OC(F)(F)F)ccc32)C1=O. The normalized spacial score (nSPS) is 19.1. The number of aryl methyl sites for hydroxylation is 1. The van der Waals surface area contributed by atoms with Crippen molar-refractivity contribution in [3.8, 4) is 5.75 Å². The molecule has 1 aromatic carbocycles. The number of nitrogens with one attached hydrogen (secondary N) is 1. The summed E-state index contributed by atoms with van der Waals surface area (Å²) < 4.78 is 41.1. The van der Waals surface area contributed by atoms with Gasteiger partial charge in [0.25, 0.3) is 5.91 Å². The molecule has 0 spiro atoms. The van der Waals surface area contributed by atoms with Crippen molar-refractivity contribution >= 4 is 17.6 Å². The summed E-state index contributed by atoms with van der Waals surface area (Å²) in [6, 6.07) is 3.98. The molecule has 3 rings (SSSR count). The summed E-state index contributed by atoms with van der Waals surface area (Å²) in [7, 11) is 0. The quantitative estimate of drug-likeness (QED) is 0.792. The zero-order valence-electron chi connectivity index (χ0n) is 15.2. The number of anilines is 1. The molecular weight excluding hydrogens is 363 g/mol. The molecule has 1 aromatic rings. The number of ether oxygens (including phenoxy) is 1. The van der Waals surface area contributed by atoms with Gasteiger partial charge in [0.1, 0.15) is 11.3 Å². The summed E-state index contributed by atoms with van der Waals surface area (Å²) in [6.07, 6.45) is -2.63. The Morgan fingerprint density at radius 2 is 1.96 bits per heavy atom. The number of hydrogen-bond acceptors (Lipinski definition) is 4. The minimum Gasteiger partial charge on any atom is -0.406 e. The van der Waals surface area contributed by atoms with Crippen LogP contribution in [0.4, 0.5) is 23.7 Å². The first kappa shape index (κ1) is 19.3. The lowest BCUT2D eigenvalue weighted by Gasteiger charge is -2.32. The molecule has 0 radical (unpaired) electrons. The zero-order valence-corrected chi connectivity index (χ0v) is 15.2. The molecule has 9 heteroatoms. The van der Waals surface area contributed by atoms with Gasteiger partial charge in [0, 0.05) is 25.3 Å². The van der Waals surface area contributed by atoms with Crippen LogP contribution in [-0.2, 0) is 11.2 Å². The summed E-state index contributed by atoms with van der Waals surface area (Å²) in [5.41, 5.74) is 0.788. The minimum absolute atomic E-state index is 0.218. The smallest absolute Gasteiger partial charge is 0.406 e. The molecule has 6 nitrogen and oxygen atoms in total. The largest absolute Gasteiger partial charge is 0.573 e. The lowest BCUT2D eigenvalue weighted by molar-refractivity contribution is -0.274. The van der Waals surface area contributed by atoms with E-state index in [1.165, 1.54) is 17.0 Å². The molecule has 0 bridgehead atoms. The molecule has 0 saturated carbocycles. The van der Waals surface area contributed by atoms with Gasteiger partial charge in [-0.25, -0.2) is 4.79 Å². The molecule has 0 aromatic heterocycles. The van der Waals surface area contributed by atoms with Crippen LogP contribution in [0.15, 0.2) is 18.2 Å². The highest BCUT2D eigenvalue weighted by Crippen LogP contribution is 2.32. The summed E-state index contributed by atoms with van der Waals surface area (Å²) in [5, 5.41) is 2.64. The molecule has 1 N–H and O–H groups in total. The topological polar surface area (TPSA) is 61.9 Å². The highest BCUT2D eigenvalue weighted by molar-refractivity contribution is 6.06. The van der Waals surface area contributed by atoms with E-state index in [1.807, 2.05) is 0 Å². The summed E-state index contributed by atoms with van der Waals surface area (Å²) in [5.74, 6) is -0.467. The van der Waals surface area contributed by atoms with Crippen molar-refractivity contribution in [2.24, 2.45) is 0 Å². The Morgan fingerprint density at radius 1 is 1.22 bits per heavy atom. The number of carbonyl (C=O) groups is 2. The number of rotatable bonds is 5. The van der Waals surface area contributed by atoms with Crippen molar-refractivity contribution in [3.63, 3.8) is 0 Å². The Labute approximate surface area is 155 Å². The van der Waals surface area contributed by atoms with Crippen LogP contribution >= 0.6 is 0 Å². The Kier molecular flexibility index (Phi) is 4.96. The molecule has 2 aliphatic rings. The van der Waals surface area contributed by atoms with E-state index in [9.17, 15) is 22.8 Å². The number of benzene rings is 1. The Morgan fingerprint density at radius 3 is 2.59 bits per heavy atom. The van der Waals surface area contributed by atoms with Crippen LogP contribution < -0.4 is 15.0 Å². The third-order valence-corrected chi connectivity index (χ3v) is 4.75. The summed E-state index contributed by atoms with van der Waals surface area (Å²) in [6.45, 7) is 5.00. The van der Waals surface area contributed by atoms with Crippen molar-refractivity contribution in [2.75, 3.05) is 24.5 Å². The number of urea groups is 1. The van der Waals surface area contributed by atoms with Crippen LogP contribution in [0.2, 0.25) is 0 Å². The van der Waals surface area contributed by atoms with Gasteiger partial charge in [0.05, 0.1) is 0 Å². The highest BCUT2D eigenvalue weighted by atomic mass is 19.4. The lowest BCUT2D eigenvalue weighted by atomic mass is 10.0. The van der Waals surface area contributed by atoms with Gasteiger partial charge in [-0.1, -0.05) is 0 Å². The Hall–Kier alpha value is -2.45. The monoisotopic (exact) mass is 385 g/mol. The fourth-order valence-corrected chi connectivity index (χ4v) is 3.52.